The molecule has 0 unspecified atom stereocenters. The zero-order valence-corrected chi connectivity index (χ0v) is 56.3. The average Bonchev–Trinajstić information content (AvgIpc) is 0.855. The van der Waals surface area contributed by atoms with E-state index in [0.29, 0.717) is 55.2 Å². The predicted octanol–water partition coefficient (Wildman–Crippen LogP) is 16.5. The van der Waals surface area contributed by atoms with Crippen molar-refractivity contribution in [2.24, 2.45) is 0 Å². The highest BCUT2D eigenvalue weighted by molar-refractivity contribution is 7.48. The van der Waals surface area contributed by atoms with E-state index in [1.165, 1.54) is 14.2 Å². The van der Waals surface area contributed by atoms with Gasteiger partial charge < -0.3 is 14.5 Å². The molecule has 13 nitrogen and oxygen atoms in total. The summed E-state index contributed by atoms with van der Waals surface area (Å²) in [5.74, 6) is -0.0549. The summed E-state index contributed by atoms with van der Waals surface area (Å²) in [6.07, 6.45) is 17.0. The largest absolute Gasteiger partial charge is 0.483 e. The third kappa shape index (κ3) is 16.2. The van der Waals surface area contributed by atoms with E-state index in [2.05, 4.69) is 36.4 Å². The maximum absolute atomic E-state index is 16.0. The van der Waals surface area contributed by atoms with Crippen LogP contribution in [0.5, 0.6) is 0 Å². The monoisotopic (exact) mass is 1300 g/mol. The van der Waals surface area contributed by atoms with Crippen molar-refractivity contribution in [3.63, 3.8) is 0 Å². The summed E-state index contributed by atoms with van der Waals surface area (Å²) in [5.41, 5.74) is 14.9. The first-order valence-corrected chi connectivity index (χ1v) is 35.9. The lowest BCUT2D eigenvalue weighted by atomic mass is 9.82. The molecule has 0 radical (unpaired) electrons. The number of hydrogen-bond acceptors (Lipinski definition) is 10. The van der Waals surface area contributed by atoms with Gasteiger partial charge in [-0.05, 0) is 145 Å². The van der Waals surface area contributed by atoms with Crippen molar-refractivity contribution in [1.29, 1.82) is 0 Å². The van der Waals surface area contributed by atoms with Gasteiger partial charge >= 0.3 is 7.82 Å². The van der Waals surface area contributed by atoms with Gasteiger partial charge in [0.1, 0.15) is 0 Å². The first kappa shape index (κ1) is 66.7. The molecule has 3 aliphatic carbocycles. The molecular formula is C81H90N3O10P. The molecule has 95 heavy (non-hydrogen) atoms. The number of phosphoric acid groups is 1. The van der Waals surface area contributed by atoms with Gasteiger partial charge in [-0.3, -0.25) is 14.4 Å². The number of phosphoric ester groups is 1. The Morgan fingerprint density at radius 1 is 0.305 bits per heavy atom. The van der Waals surface area contributed by atoms with Crippen molar-refractivity contribution in [2.75, 3.05) is 20.4 Å². The van der Waals surface area contributed by atoms with Gasteiger partial charge in [-0.1, -0.05) is 240 Å². The Balaban J connectivity index is 0.943. The van der Waals surface area contributed by atoms with Crippen LogP contribution in [-0.2, 0) is 56.7 Å². The number of pyridine rings is 3. The fraction of sp³-hybridized carbons (Fsp3) is 0.370. The second kappa shape index (κ2) is 31.9. The minimum Gasteiger partial charge on any atom is -0.381 e. The lowest BCUT2D eigenvalue weighted by molar-refractivity contribution is -0.0825. The fourth-order valence-electron chi connectivity index (χ4n) is 15.0. The molecule has 494 valence electrons. The molecule has 3 fully saturated rings. The van der Waals surface area contributed by atoms with Crippen LogP contribution in [0.2, 0.25) is 0 Å². The van der Waals surface area contributed by atoms with Crippen molar-refractivity contribution in [2.45, 2.75) is 173 Å². The van der Waals surface area contributed by atoms with E-state index >= 15 is 18.9 Å². The van der Waals surface area contributed by atoms with Crippen molar-refractivity contribution >= 4 is 7.82 Å². The molecule has 3 aromatic heterocycles. The molecule has 0 aliphatic heterocycles. The van der Waals surface area contributed by atoms with Crippen LogP contribution in [0.3, 0.4) is 0 Å². The van der Waals surface area contributed by atoms with Gasteiger partial charge in [0.05, 0.1) is 17.1 Å². The molecular weight excluding hydrogens is 1210 g/mol. The summed E-state index contributed by atoms with van der Waals surface area (Å²) >= 11 is 0. The number of rotatable bonds is 27. The maximum atomic E-state index is 16.0. The summed E-state index contributed by atoms with van der Waals surface area (Å²) in [4.78, 5) is 66.3. The Morgan fingerprint density at radius 2 is 0.505 bits per heavy atom. The van der Waals surface area contributed by atoms with Crippen LogP contribution >= 0.6 is 7.82 Å². The minimum atomic E-state index is -4.97. The van der Waals surface area contributed by atoms with E-state index in [-0.39, 0.29) is 34.4 Å². The predicted molar refractivity (Wildman–Crippen MR) is 374 cm³/mol. The summed E-state index contributed by atoms with van der Waals surface area (Å²) in [6.45, 7) is 3.83. The second-order valence-electron chi connectivity index (χ2n) is 26.3. The Morgan fingerprint density at radius 3 is 0.716 bits per heavy atom. The SMILES string of the molecule is Cc1c(Cc2ccccc2)c(C2CCCCC2)n(OCOP(=O)(OCOn2c(C3CCCCC3)c(Cc3ccccc3)c(C)c(Cc3ccccc3)c2=O)OCOn2c(C3CCCCC3)c(Cc3ccccc3)c(C)c(Cc3ccccc3)c2=O)c(=O)c1Cc1ccccc1. The van der Waals surface area contributed by atoms with Crippen molar-refractivity contribution in [3.8, 4) is 0 Å². The van der Waals surface area contributed by atoms with E-state index in [1.807, 2.05) is 166 Å². The van der Waals surface area contributed by atoms with Crippen LogP contribution in [-0.4, -0.2) is 34.6 Å². The Bertz CT molecular complexity index is 3800. The number of hydrogen-bond donors (Lipinski definition) is 0. The van der Waals surface area contributed by atoms with Gasteiger partial charge in [0, 0.05) is 53.7 Å². The molecule has 0 bridgehead atoms. The van der Waals surface area contributed by atoms with E-state index in [1.54, 1.807) is 0 Å². The van der Waals surface area contributed by atoms with Gasteiger partial charge in [0.2, 0.25) is 20.4 Å². The number of nitrogens with zero attached hydrogens (tertiary/aromatic N) is 3. The van der Waals surface area contributed by atoms with Crippen LogP contribution in [0, 0.1) is 20.8 Å². The number of aromatic nitrogens is 3. The molecule has 14 heteroatoms. The molecule has 0 amide bonds. The van der Waals surface area contributed by atoms with Gasteiger partial charge in [0.15, 0.2) is 0 Å². The number of benzene rings is 6. The third-order valence-electron chi connectivity index (χ3n) is 20.1. The molecule has 3 saturated carbocycles. The molecule has 0 saturated heterocycles. The Kier molecular flexibility index (Phi) is 22.4. The van der Waals surface area contributed by atoms with E-state index in [9.17, 15) is 0 Å². The molecule has 3 aliphatic rings. The highest BCUT2D eigenvalue weighted by atomic mass is 31.2. The van der Waals surface area contributed by atoms with E-state index < -0.39 is 28.2 Å². The average molecular weight is 1300 g/mol. The zero-order chi connectivity index (χ0) is 65.5. The molecule has 3 heterocycles. The van der Waals surface area contributed by atoms with Crippen molar-refractivity contribution in [1.82, 2.24) is 14.2 Å². The van der Waals surface area contributed by atoms with Crippen LogP contribution in [0.4, 0.5) is 0 Å². The fourth-order valence-corrected chi connectivity index (χ4v) is 15.8. The summed E-state index contributed by atoms with van der Waals surface area (Å²) in [5, 5.41) is 0. The van der Waals surface area contributed by atoms with Gasteiger partial charge in [-0.25, -0.2) is 18.1 Å². The van der Waals surface area contributed by atoms with E-state index in [0.717, 1.165) is 180 Å². The first-order chi connectivity index (χ1) is 46.5. The molecule has 0 N–H and O–H groups in total. The smallest absolute Gasteiger partial charge is 0.381 e. The third-order valence-corrected chi connectivity index (χ3v) is 21.4. The highest BCUT2D eigenvalue weighted by Crippen LogP contribution is 2.49. The normalized spacial score (nSPS) is 15.0. The highest BCUT2D eigenvalue weighted by Gasteiger charge is 2.35. The van der Waals surface area contributed by atoms with Crippen LogP contribution < -0.4 is 31.2 Å². The molecule has 0 atom stereocenters. The summed E-state index contributed by atoms with van der Waals surface area (Å²) < 4.78 is 39.2. The van der Waals surface area contributed by atoms with Crippen LogP contribution in [0.1, 0.15) is 215 Å². The topological polar surface area (TPSA) is 138 Å². The van der Waals surface area contributed by atoms with Crippen LogP contribution in [0.25, 0.3) is 0 Å². The van der Waals surface area contributed by atoms with Gasteiger partial charge in [-0.15, -0.1) is 14.2 Å². The second-order valence-corrected chi connectivity index (χ2v) is 27.9. The quantitative estimate of drug-likeness (QED) is 0.0361. The molecule has 0 spiro atoms. The van der Waals surface area contributed by atoms with Crippen molar-refractivity contribution < 1.29 is 32.6 Å². The van der Waals surface area contributed by atoms with Gasteiger partial charge in [0.25, 0.3) is 16.7 Å². The minimum absolute atomic E-state index is 0.0183. The first-order valence-electron chi connectivity index (χ1n) is 34.5. The Hall–Kier alpha value is -8.32. The van der Waals surface area contributed by atoms with E-state index in [4.69, 9.17) is 28.1 Å². The maximum Gasteiger partial charge on any atom is 0.483 e. The van der Waals surface area contributed by atoms with Gasteiger partial charge in [-0.2, -0.15) is 0 Å². The summed E-state index contributed by atoms with van der Waals surface area (Å²) in [6, 6.07) is 60.6. The molecule has 6 aromatic carbocycles. The van der Waals surface area contributed by atoms with Crippen molar-refractivity contribution in [3.05, 3.63) is 314 Å². The van der Waals surface area contributed by atoms with Crippen LogP contribution in [0.15, 0.2) is 196 Å². The standard InChI is InChI=1S/C81H90N3O10P/c1-58-70(49-61-31-13-4-14-32-61)76(67-43-25-10-26-44-67)82(79(85)73(58)52-64-37-19-7-20-38-64)89-55-92-95(88,93-56-90-83-77(68-45-27-11-28-46-68)71(50-62-33-15-5-16-34-62)59(2)74(80(83)86)53-65-39-21-8-22-40-65)94-57-91-84-78(69-47-29-12-30-48-69)72(51-63-35-17-6-18-36-63)60(3)75(81(84)87)54-66-41-23-9-24-42-66/h4-9,13-24,31-42,67-69H,10-12,25-30,43-57H2,1-3H3. The molecule has 12 rings (SSSR count). The lowest BCUT2D eigenvalue weighted by Crippen LogP contribution is -2.38. The Labute approximate surface area is 559 Å². The lowest BCUT2D eigenvalue weighted by Gasteiger charge is -2.30. The summed E-state index contributed by atoms with van der Waals surface area (Å²) in [7, 11) is -4.97. The zero-order valence-electron chi connectivity index (χ0n) is 55.4. The molecule has 9 aromatic rings.